The van der Waals surface area contributed by atoms with E-state index >= 15 is 0 Å². The zero-order valence-electron chi connectivity index (χ0n) is 19.5. The van der Waals surface area contributed by atoms with Gasteiger partial charge in [0, 0.05) is 23.9 Å². The molecule has 2 atom stereocenters. The fourth-order valence-corrected chi connectivity index (χ4v) is 4.21. The molecule has 34 heavy (non-hydrogen) atoms. The van der Waals surface area contributed by atoms with E-state index < -0.39 is 28.7 Å². The summed E-state index contributed by atoms with van der Waals surface area (Å²) in [6.07, 6.45) is 4.15. The van der Waals surface area contributed by atoms with E-state index in [4.69, 9.17) is 5.73 Å². The summed E-state index contributed by atoms with van der Waals surface area (Å²) in [5, 5.41) is 14.7. The molecule has 5 N–H and O–H groups in total. The maximum absolute atomic E-state index is 13.2. The Bertz CT molecular complexity index is 1040. The minimum atomic E-state index is -1.15. The molecule has 0 unspecified atom stereocenters. The van der Waals surface area contributed by atoms with Crippen LogP contribution in [-0.4, -0.2) is 44.7 Å². The van der Waals surface area contributed by atoms with Crippen LogP contribution in [0.2, 0.25) is 0 Å². The number of benzene rings is 1. The molecule has 0 spiro atoms. The third-order valence-electron chi connectivity index (χ3n) is 6.20. The number of rotatable bonds is 9. The van der Waals surface area contributed by atoms with Crippen molar-refractivity contribution in [2.24, 2.45) is 5.92 Å². The van der Waals surface area contributed by atoms with Gasteiger partial charge in [0.15, 0.2) is 0 Å². The van der Waals surface area contributed by atoms with Crippen molar-refractivity contribution >= 4 is 36.1 Å². The van der Waals surface area contributed by atoms with Crippen molar-refractivity contribution in [1.82, 2.24) is 15.6 Å². The number of aromatic nitrogens is 1. The van der Waals surface area contributed by atoms with E-state index in [2.05, 4.69) is 28.2 Å². The molecule has 1 saturated carbocycles. The molecule has 8 nitrogen and oxygen atoms in total. The minimum absolute atomic E-state index is 0.000542. The van der Waals surface area contributed by atoms with Gasteiger partial charge in [0.25, 0.3) is 0 Å². The van der Waals surface area contributed by atoms with E-state index in [1.165, 1.54) is 0 Å². The van der Waals surface area contributed by atoms with Crippen molar-refractivity contribution in [2.75, 3.05) is 5.73 Å². The molecule has 3 rings (SSSR count). The number of hydrogen-bond acceptors (Lipinski definition) is 6. The molecule has 0 saturated heterocycles. The molecule has 0 bridgehead atoms. The first-order valence-electron chi connectivity index (χ1n) is 11.5. The minimum Gasteiger partial charge on any atom is -0.480 e. The van der Waals surface area contributed by atoms with E-state index in [1.807, 2.05) is 32.0 Å². The summed E-state index contributed by atoms with van der Waals surface area (Å²) in [6.45, 7) is 3.76. The first kappa shape index (κ1) is 25.6. The summed E-state index contributed by atoms with van der Waals surface area (Å²) in [5.74, 6) is -1.94. The average molecular weight is 485 g/mol. The van der Waals surface area contributed by atoms with Crippen LogP contribution in [0.25, 0.3) is 11.3 Å². The van der Waals surface area contributed by atoms with E-state index in [1.54, 1.807) is 24.4 Å². The monoisotopic (exact) mass is 484 g/mol. The smallest absolute Gasteiger partial charge is 0.326 e. The number of carbonyl (C=O) groups excluding carboxylic acids is 2. The first-order valence-corrected chi connectivity index (χ1v) is 12.0. The Morgan fingerprint density at radius 2 is 1.88 bits per heavy atom. The second-order valence-electron chi connectivity index (χ2n) is 9.21. The molecule has 1 aromatic carbocycles. The molecule has 2 amide bonds. The fraction of sp³-hybridized carbons (Fsp3) is 0.440. The van der Waals surface area contributed by atoms with Gasteiger partial charge in [-0.3, -0.25) is 14.6 Å². The Balaban J connectivity index is 1.71. The van der Waals surface area contributed by atoms with Crippen molar-refractivity contribution in [3.8, 4) is 11.3 Å². The topological polar surface area (TPSA) is 134 Å². The Morgan fingerprint density at radius 1 is 1.18 bits per heavy atom. The molecular formula is C25H32N4O4S. The van der Waals surface area contributed by atoms with Gasteiger partial charge in [-0.2, -0.15) is 12.6 Å². The highest BCUT2D eigenvalue weighted by molar-refractivity contribution is 7.81. The van der Waals surface area contributed by atoms with Crippen molar-refractivity contribution in [1.29, 1.82) is 0 Å². The van der Waals surface area contributed by atoms with E-state index in [0.717, 1.165) is 18.4 Å². The normalized spacial score (nSPS) is 16.6. The molecule has 1 heterocycles. The van der Waals surface area contributed by atoms with Crippen LogP contribution in [0.3, 0.4) is 0 Å². The number of pyridine rings is 1. The van der Waals surface area contributed by atoms with E-state index in [0.29, 0.717) is 29.8 Å². The number of nitrogens with two attached hydrogens (primary N) is 1. The summed E-state index contributed by atoms with van der Waals surface area (Å²) in [6, 6.07) is 9.76. The molecule has 2 aromatic rings. The Kier molecular flexibility index (Phi) is 8.19. The van der Waals surface area contributed by atoms with Gasteiger partial charge in [0.1, 0.15) is 11.6 Å². The van der Waals surface area contributed by atoms with Crippen LogP contribution in [0.4, 0.5) is 5.69 Å². The van der Waals surface area contributed by atoms with Crippen LogP contribution in [0, 0.1) is 5.92 Å². The summed E-state index contributed by atoms with van der Waals surface area (Å²) in [7, 11) is 0. The van der Waals surface area contributed by atoms with Crippen molar-refractivity contribution in [3.05, 3.63) is 48.2 Å². The lowest BCUT2D eigenvalue weighted by Gasteiger charge is -2.32. The van der Waals surface area contributed by atoms with Gasteiger partial charge in [-0.1, -0.05) is 44.9 Å². The second kappa shape index (κ2) is 10.9. The highest BCUT2D eigenvalue weighted by atomic mass is 32.1. The molecular weight excluding hydrogens is 452 g/mol. The van der Waals surface area contributed by atoms with Crippen molar-refractivity contribution in [2.45, 2.75) is 62.8 Å². The van der Waals surface area contributed by atoms with E-state index in [-0.39, 0.29) is 18.2 Å². The number of carboxylic acids is 1. The largest absolute Gasteiger partial charge is 0.480 e. The zero-order valence-corrected chi connectivity index (χ0v) is 20.3. The van der Waals surface area contributed by atoms with Gasteiger partial charge < -0.3 is 21.5 Å². The molecule has 1 aromatic heterocycles. The van der Waals surface area contributed by atoms with Crippen LogP contribution in [-0.2, 0) is 20.8 Å². The number of nitrogens with zero attached hydrogens (tertiary/aromatic N) is 1. The lowest BCUT2D eigenvalue weighted by atomic mass is 9.94. The predicted octanol–water partition coefficient (Wildman–Crippen LogP) is 2.83. The average Bonchev–Trinajstić information content (AvgIpc) is 3.28. The summed E-state index contributed by atoms with van der Waals surface area (Å²) in [4.78, 5) is 42.2. The first-order chi connectivity index (χ1) is 16.1. The molecule has 1 aliphatic rings. The van der Waals surface area contributed by atoms with Crippen molar-refractivity contribution < 1.29 is 19.5 Å². The lowest BCUT2D eigenvalue weighted by Crippen LogP contribution is -2.61. The third-order valence-corrected chi connectivity index (χ3v) is 7.04. The van der Waals surface area contributed by atoms with Crippen LogP contribution in [0.1, 0.15) is 45.1 Å². The van der Waals surface area contributed by atoms with Gasteiger partial charge in [-0.05, 0) is 42.5 Å². The van der Waals surface area contributed by atoms with Crippen LogP contribution >= 0.6 is 12.6 Å². The summed E-state index contributed by atoms with van der Waals surface area (Å²) < 4.78 is 0. The molecule has 1 fully saturated rings. The molecule has 0 radical (unpaired) electrons. The maximum Gasteiger partial charge on any atom is 0.326 e. The third kappa shape index (κ3) is 6.08. The number of carboxylic acid groups (broad SMARTS) is 1. The molecule has 182 valence electrons. The van der Waals surface area contributed by atoms with Gasteiger partial charge in [0.2, 0.25) is 11.8 Å². The van der Waals surface area contributed by atoms with Gasteiger partial charge in [0.05, 0.1) is 10.9 Å². The van der Waals surface area contributed by atoms with Gasteiger partial charge in [-0.25, -0.2) is 4.79 Å². The number of nitrogen functional groups attached to an aromatic ring is 1. The Morgan fingerprint density at radius 3 is 2.44 bits per heavy atom. The molecule has 9 heteroatoms. The fourth-order valence-electron chi connectivity index (χ4n) is 4.15. The number of carbonyl (C=O) groups is 3. The lowest BCUT2D eigenvalue weighted by molar-refractivity contribution is -0.143. The van der Waals surface area contributed by atoms with E-state index in [9.17, 15) is 19.5 Å². The quantitative estimate of drug-likeness (QED) is 0.274. The number of nitrogens with one attached hydrogen (secondary N) is 2. The summed E-state index contributed by atoms with van der Waals surface area (Å²) >= 11 is 4.36. The SMILES string of the molecule is CC(C)[C@H](S)C(=O)NC1(C(=O)N[C@@H](Cc2ccc(-c3cccc(N)c3)nc2)C(=O)O)CCCC1. The van der Waals surface area contributed by atoms with Crippen LogP contribution in [0.15, 0.2) is 42.6 Å². The number of aliphatic carboxylic acids is 1. The number of amides is 2. The van der Waals surface area contributed by atoms with Crippen LogP contribution in [0.5, 0.6) is 0 Å². The maximum atomic E-state index is 13.2. The predicted molar refractivity (Wildman–Crippen MR) is 134 cm³/mol. The molecule has 1 aliphatic carbocycles. The standard InChI is InChI=1S/C25H32N4O4S/c1-15(2)21(34)22(30)29-25(10-3-4-11-25)24(33)28-20(23(31)32)12-16-8-9-19(27-14-16)17-6-5-7-18(26)13-17/h5-9,13-15,20-21,34H,3-4,10-12,26H2,1-2H3,(H,28,33)(H,29,30)(H,31,32)/t20-,21-/m0/s1. The summed E-state index contributed by atoms with van der Waals surface area (Å²) in [5.41, 5.74) is 7.58. The van der Waals surface area contributed by atoms with Crippen molar-refractivity contribution in [3.63, 3.8) is 0 Å². The number of thiol groups is 1. The molecule has 0 aliphatic heterocycles. The second-order valence-corrected chi connectivity index (χ2v) is 9.77. The van der Waals surface area contributed by atoms with Crippen LogP contribution < -0.4 is 16.4 Å². The number of hydrogen-bond donors (Lipinski definition) is 5. The van der Waals surface area contributed by atoms with Gasteiger partial charge in [-0.15, -0.1) is 0 Å². The number of anilines is 1. The Labute approximate surface area is 205 Å². The highest BCUT2D eigenvalue weighted by Crippen LogP contribution is 2.31. The zero-order chi connectivity index (χ0) is 24.9. The van der Waals surface area contributed by atoms with Gasteiger partial charge >= 0.3 is 5.97 Å². The highest BCUT2D eigenvalue weighted by Gasteiger charge is 2.44. The Hall–Kier alpha value is -3.07.